The number of hydrogen-bond acceptors (Lipinski definition) is 10. The lowest BCUT2D eigenvalue weighted by Crippen LogP contribution is -2.44. The molecule has 1 saturated heterocycles. The summed E-state index contributed by atoms with van der Waals surface area (Å²) in [7, 11) is 0. The average Bonchev–Trinajstić information content (AvgIpc) is 3.16. The fourth-order valence-corrected chi connectivity index (χ4v) is 3.54. The monoisotopic (exact) mass is 457 g/mol. The zero-order valence-corrected chi connectivity index (χ0v) is 19.3. The van der Waals surface area contributed by atoms with Crippen LogP contribution in [0.15, 0.2) is 0 Å². The lowest BCUT2D eigenvalue weighted by Gasteiger charge is -2.27. The van der Waals surface area contributed by atoms with Crippen LogP contribution >= 0.6 is 0 Å². The number of urea groups is 1. The van der Waals surface area contributed by atoms with Gasteiger partial charge in [0, 0.05) is 78.5 Å². The Morgan fingerprint density at radius 1 is 0.758 bits per heavy atom. The Bertz CT molecular complexity index is 716. The van der Waals surface area contributed by atoms with Gasteiger partial charge in [-0.3, -0.25) is 14.7 Å². The molecule has 1 aliphatic rings. The molecule has 0 aromatic rings. The van der Waals surface area contributed by atoms with Crippen LogP contribution in [0.2, 0.25) is 0 Å². The van der Waals surface area contributed by atoms with Gasteiger partial charge < -0.3 is 20.9 Å². The lowest BCUT2D eigenvalue weighted by molar-refractivity contribution is 0.173. The number of nitrogens with zero attached hydrogens (tertiary/aromatic N) is 9. The highest BCUT2D eigenvalue weighted by atomic mass is 16.2. The van der Waals surface area contributed by atoms with Crippen LogP contribution in [0, 0.1) is 45.3 Å². The zero-order valence-electron chi connectivity index (χ0n) is 19.3. The van der Waals surface area contributed by atoms with E-state index in [0.29, 0.717) is 85.1 Å². The summed E-state index contributed by atoms with van der Waals surface area (Å²) in [6.07, 6.45) is 0. The van der Waals surface area contributed by atoms with Crippen molar-refractivity contribution in [3.63, 3.8) is 0 Å². The first-order valence-corrected chi connectivity index (χ1v) is 11.2. The second-order valence-corrected chi connectivity index (χ2v) is 7.68. The van der Waals surface area contributed by atoms with Gasteiger partial charge in [-0.25, -0.2) is 4.79 Å². The summed E-state index contributed by atoms with van der Waals surface area (Å²) in [5, 5.41) is 38.5. The molecule has 12 nitrogen and oxygen atoms in total. The van der Waals surface area contributed by atoms with E-state index >= 15 is 0 Å². The molecule has 180 valence electrons. The van der Waals surface area contributed by atoms with Gasteiger partial charge in [0.15, 0.2) is 0 Å². The van der Waals surface area contributed by atoms with Crippen molar-refractivity contribution in [2.45, 2.75) is 0 Å². The van der Waals surface area contributed by atoms with Gasteiger partial charge >= 0.3 is 6.03 Å². The number of amides is 2. The third-order valence-corrected chi connectivity index (χ3v) is 5.42. The standard InChI is InChI=1S/C21H35N11O/c22-1-6-27-7-12-30(14-13-28(8-2-23)9-3-24)16-18-32-20-19-31(21(32)33)17-15-29(10-4-25)11-5-26/h27H,4,6-20,25H2. The van der Waals surface area contributed by atoms with Gasteiger partial charge in [0.2, 0.25) is 0 Å². The van der Waals surface area contributed by atoms with Crippen LogP contribution in [0.25, 0.3) is 0 Å². The predicted molar refractivity (Wildman–Crippen MR) is 122 cm³/mol. The molecule has 2 amide bonds. The van der Waals surface area contributed by atoms with E-state index in [2.05, 4.69) is 34.5 Å². The number of hydrogen-bond donors (Lipinski definition) is 2. The zero-order chi connectivity index (χ0) is 24.3. The Morgan fingerprint density at radius 2 is 1.30 bits per heavy atom. The maximum absolute atomic E-state index is 12.8. The SMILES string of the molecule is N#CCNCCN(CCN(CC#N)CC#N)CCN1CCN(CCN(CC#N)CCN)C1=O. The minimum Gasteiger partial charge on any atom is -0.329 e. The molecule has 12 heteroatoms. The van der Waals surface area contributed by atoms with Gasteiger partial charge in [-0.05, 0) is 0 Å². The third-order valence-electron chi connectivity index (χ3n) is 5.42. The van der Waals surface area contributed by atoms with E-state index in [-0.39, 0.29) is 25.7 Å². The molecule has 0 bridgehead atoms. The Balaban J connectivity index is 2.54. The Labute approximate surface area is 196 Å². The average molecular weight is 458 g/mol. The van der Waals surface area contributed by atoms with Gasteiger partial charge in [-0.15, -0.1) is 0 Å². The van der Waals surface area contributed by atoms with Crippen LogP contribution in [-0.4, -0.2) is 135 Å². The minimum atomic E-state index is -0.00204. The largest absolute Gasteiger partial charge is 0.329 e. The molecular formula is C21H35N11O. The van der Waals surface area contributed by atoms with Gasteiger partial charge in [0.25, 0.3) is 0 Å². The van der Waals surface area contributed by atoms with Crippen molar-refractivity contribution in [3.05, 3.63) is 0 Å². The number of rotatable bonds is 18. The molecule has 0 atom stereocenters. The molecule has 0 radical (unpaired) electrons. The molecule has 0 aromatic carbocycles. The highest BCUT2D eigenvalue weighted by molar-refractivity contribution is 5.76. The first-order valence-electron chi connectivity index (χ1n) is 11.2. The summed E-state index contributed by atoms with van der Waals surface area (Å²) >= 11 is 0. The molecule has 0 saturated carbocycles. The van der Waals surface area contributed by atoms with Gasteiger partial charge in [0.1, 0.15) is 0 Å². The van der Waals surface area contributed by atoms with Crippen LogP contribution in [0.4, 0.5) is 4.79 Å². The second-order valence-electron chi connectivity index (χ2n) is 7.68. The summed E-state index contributed by atoms with van der Waals surface area (Å²) in [5.41, 5.74) is 5.59. The maximum Gasteiger partial charge on any atom is 0.320 e. The normalized spacial score (nSPS) is 13.4. The number of nitriles is 4. The van der Waals surface area contributed by atoms with Gasteiger partial charge in [0.05, 0.1) is 50.5 Å². The van der Waals surface area contributed by atoms with Crippen LogP contribution in [0.1, 0.15) is 0 Å². The first-order chi connectivity index (χ1) is 16.1. The molecule has 1 fully saturated rings. The fraction of sp³-hybridized carbons (Fsp3) is 0.762. The lowest BCUT2D eigenvalue weighted by atomic mass is 10.3. The molecule has 3 N–H and O–H groups in total. The Hall–Kier alpha value is -2.97. The molecular weight excluding hydrogens is 422 g/mol. The molecule has 0 unspecified atom stereocenters. The van der Waals surface area contributed by atoms with E-state index in [1.807, 2.05) is 9.80 Å². The number of nitrogens with one attached hydrogen (secondary N) is 1. The smallest absolute Gasteiger partial charge is 0.320 e. The molecule has 0 aliphatic carbocycles. The quantitative estimate of drug-likeness (QED) is 0.178. The van der Waals surface area contributed by atoms with Crippen LogP contribution in [0.5, 0.6) is 0 Å². The van der Waals surface area contributed by atoms with Crippen LogP contribution < -0.4 is 11.1 Å². The van der Waals surface area contributed by atoms with Crippen LogP contribution in [-0.2, 0) is 0 Å². The minimum absolute atomic E-state index is 0.00204. The molecule has 1 rings (SSSR count). The van der Waals surface area contributed by atoms with E-state index < -0.39 is 0 Å². The second kappa shape index (κ2) is 17.6. The summed E-state index contributed by atoms with van der Waals surface area (Å²) in [6, 6.07) is 8.34. The first kappa shape index (κ1) is 28.1. The highest BCUT2D eigenvalue weighted by Gasteiger charge is 2.28. The highest BCUT2D eigenvalue weighted by Crippen LogP contribution is 2.09. The van der Waals surface area contributed by atoms with E-state index in [9.17, 15) is 4.79 Å². The van der Waals surface area contributed by atoms with Gasteiger partial charge in [-0.2, -0.15) is 21.0 Å². The summed E-state index contributed by atoms with van der Waals surface area (Å²) in [6.45, 7) is 8.37. The van der Waals surface area contributed by atoms with Crippen molar-refractivity contribution in [2.24, 2.45) is 5.73 Å². The number of nitrogens with two attached hydrogens (primary N) is 1. The molecule has 0 aromatic heterocycles. The van der Waals surface area contributed by atoms with E-state index in [1.54, 1.807) is 9.80 Å². The van der Waals surface area contributed by atoms with Gasteiger partial charge in [-0.1, -0.05) is 0 Å². The molecule has 1 heterocycles. The van der Waals surface area contributed by atoms with Crippen LogP contribution in [0.3, 0.4) is 0 Å². The topological polar surface area (TPSA) is 166 Å². The molecule has 33 heavy (non-hydrogen) atoms. The van der Waals surface area contributed by atoms with E-state index in [4.69, 9.17) is 26.8 Å². The number of carbonyl (C=O) groups is 1. The van der Waals surface area contributed by atoms with Crippen molar-refractivity contribution in [2.75, 3.05) is 105 Å². The van der Waals surface area contributed by atoms with Crippen molar-refractivity contribution in [1.82, 2.24) is 29.8 Å². The Morgan fingerprint density at radius 3 is 1.85 bits per heavy atom. The fourth-order valence-electron chi connectivity index (χ4n) is 3.54. The van der Waals surface area contributed by atoms with Crippen molar-refractivity contribution < 1.29 is 4.79 Å². The number of carbonyl (C=O) groups excluding carboxylic acids is 1. The predicted octanol–water partition coefficient (Wildman–Crippen LogP) is -1.73. The van der Waals surface area contributed by atoms with Crippen molar-refractivity contribution >= 4 is 6.03 Å². The van der Waals surface area contributed by atoms with E-state index in [0.717, 1.165) is 0 Å². The Kier molecular flexibility index (Phi) is 14.9. The summed E-state index contributed by atoms with van der Waals surface area (Å²) in [5.74, 6) is 0. The van der Waals surface area contributed by atoms with Crippen molar-refractivity contribution in [3.8, 4) is 24.3 Å². The summed E-state index contributed by atoms with van der Waals surface area (Å²) in [4.78, 5) is 22.3. The summed E-state index contributed by atoms with van der Waals surface area (Å²) < 4.78 is 0. The maximum atomic E-state index is 12.8. The molecule has 0 spiro atoms. The third kappa shape index (κ3) is 11.5. The molecule has 1 aliphatic heterocycles. The van der Waals surface area contributed by atoms with Crippen molar-refractivity contribution in [1.29, 1.82) is 21.0 Å². The van der Waals surface area contributed by atoms with E-state index in [1.165, 1.54) is 0 Å².